The quantitative estimate of drug-likeness (QED) is 0.248. The lowest BCUT2D eigenvalue weighted by atomic mass is 10.0. The van der Waals surface area contributed by atoms with E-state index in [-0.39, 0.29) is 0 Å². The van der Waals surface area contributed by atoms with Gasteiger partial charge in [-0.25, -0.2) is 4.98 Å². The van der Waals surface area contributed by atoms with E-state index in [1.807, 2.05) is 67.6 Å². The molecule has 0 unspecified atom stereocenters. The Morgan fingerprint density at radius 2 is 1.59 bits per heavy atom. The third-order valence-electron chi connectivity index (χ3n) is 6.71. The van der Waals surface area contributed by atoms with E-state index in [0.29, 0.717) is 25.7 Å². The van der Waals surface area contributed by atoms with Crippen molar-refractivity contribution >= 4 is 10.9 Å². The fraction of sp³-hybridized carbons (Fsp3) is 0.323. The van der Waals surface area contributed by atoms with Crippen LogP contribution in [0.15, 0.2) is 72.8 Å². The molecule has 0 radical (unpaired) electrons. The van der Waals surface area contributed by atoms with Crippen LogP contribution in [0.3, 0.4) is 0 Å². The van der Waals surface area contributed by atoms with Crippen molar-refractivity contribution in [3.8, 4) is 23.0 Å². The van der Waals surface area contributed by atoms with Crippen molar-refractivity contribution in [1.29, 1.82) is 0 Å². The summed E-state index contributed by atoms with van der Waals surface area (Å²) in [5, 5.41) is 0.917. The van der Waals surface area contributed by atoms with Gasteiger partial charge in [-0.2, -0.15) is 0 Å². The molecule has 4 aromatic rings. The van der Waals surface area contributed by atoms with Crippen LogP contribution in [0.1, 0.15) is 29.7 Å². The fourth-order valence-corrected chi connectivity index (χ4v) is 4.47. The molecule has 1 aromatic heterocycles. The van der Waals surface area contributed by atoms with Crippen molar-refractivity contribution in [2.45, 2.75) is 33.0 Å². The topological polar surface area (TPSA) is 59.0 Å². The van der Waals surface area contributed by atoms with Gasteiger partial charge in [0.2, 0.25) is 0 Å². The number of rotatable bonds is 10. The highest BCUT2D eigenvalue weighted by Gasteiger charge is 2.16. The third-order valence-corrected chi connectivity index (χ3v) is 6.71. The molecule has 1 fully saturated rings. The van der Waals surface area contributed by atoms with Crippen LogP contribution < -0.4 is 18.9 Å². The van der Waals surface area contributed by atoms with Crippen LogP contribution in [-0.4, -0.2) is 31.9 Å². The van der Waals surface area contributed by atoms with Crippen LogP contribution >= 0.6 is 0 Å². The second-order valence-corrected chi connectivity index (χ2v) is 9.30. The lowest BCUT2D eigenvalue weighted by molar-refractivity contribution is 0.0497. The summed E-state index contributed by atoms with van der Waals surface area (Å²) in [7, 11) is 1.66. The summed E-state index contributed by atoms with van der Waals surface area (Å²) in [6.45, 7) is 5.14. The number of nitrogens with zero attached hydrogens (tertiary/aromatic N) is 1. The average Bonchev–Trinajstić information content (AvgIpc) is 2.95. The molecule has 2 heterocycles. The molecule has 1 saturated heterocycles. The maximum atomic E-state index is 6.36. The van der Waals surface area contributed by atoms with Gasteiger partial charge in [0.1, 0.15) is 36.2 Å². The molecule has 37 heavy (non-hydrogen) atoms. The number of benzene rings is 3. The molecule has 0 spiro atoms. The Balaban J connectivity index is 1.33. The van der Waals surface area contributed by atoms with E-state index in [9.17, 15) is 0 Å². The average molecular weight is 500 g/mol. The van der Waals surface area contributed by atoms with Gasteiger partial charge in [-0.05, 0) is 61.6 Å². The summed E-state index contributed by atoms with van der Waals surface area (Å²) in [6, 6.07) is 23.8. The van der Waals surface area contributed by atoms with Crippen molar-refractivity contribution in [2.24, 2.45) is 5.92 Å². The molecule has 0 amide bonds. The Morgan fingerprint density at radius 1 is 0.811 bits per heavy atom. The molecule has 1 aliphatic rings. The Hall–Kier alpha value is -3.77. The smallest absolute Gasteiger partial charge is 0.134 e. The van der Waals surface area contributed by atoms with Crippen molar-refractivity contribution in [3.05, 3.63) is 89.6 Å². The lowest BCUT2D eigenvalue weighted by Crippen LogP contribution is -2.21. The van der Waals surface area contributed by atoms with Crippen LogP contribution in [0.2, 0.25) is 0 Å². The molecule has 0 N–H and O–H groups in total. The molecule has 0 bridgehead atoms. The van der Waals surface area contributed by atoms with E-state index in [4.69, 9.17) is 28.7 Å². The van der Waals surface area contributed by atoms with Gasteiger partial charge in [-0.3, -0.25) is 0 Å². The van der Waals surface area contributed by atoms with Gasteiger partial charge in [0, 0.05) is 30.2 Å². The van der Waals surface area contributed by atoms with Gasteiger partial charge in [-0.1, -0.05) is 36.4 Å². The third kappa shape index (κ3) is 6.33. The van der Waals surface area contributed by atoms with E-state index in [1.54, 1.807) is 7.11 Å². The largest absolute Gasteiger partial charge is 0.497 e. The minimum Gasteiger partial charge on any atom is -0.497 e. The summed E-state index contributed by atoms with van der Waals surface area (Å²) in [5.74, 6) is 3.65. The molecule has 6 heteroatoms. The summed E-state index contributed by atoms with van der Waals surface area (Å²) < 4.78 is 29.5. The van der Waals surface area contributed by atoms with E-state index in [1.165, 1.54) is 0 Å². The fourth-order valence-electron chi connectivity index (χ4n) is 4.47. The number of hydrogen-bond donors (Lipinski definition) is 0. The van der Waals surface area contributed by atoms with Gasteiger partial charge in [0.15, 0.2) is 0 Å². The minimum atomic E-state index is 0.318. The molecule has 3 aromatic carbocycles. The van der Waals surface area contributed by atoms with Crippen LogP contribution in [-0.2, 0) is 18.0 Å². The van der Waals surface area contributed by atoms with Crippen molar-refractivity contribution < 1.29 is 23.7 Å². The van der Waals surface area contributed by atoms with Crippen LogP contribution in [0.4, 0.5) is 0 Å². The number of fused-ring (bicyclic) bond motifs is 1. The standard InChI is InChI=1S/C31H33NO5/c1-22-30(21-36-27-10-6-9-26(17-27)35-19-24-13-15-34-16-14-24)32-29-12-11-25(33-2)18-28(29)31(22)37-20-23-7-4-3-5-8-23/h3-12,17-18,24H,13-16,19-21H2,1-2H3. The molecular formula is C31H33NO5. The Kier molecular flexibility index (Phi) is 8.06. The first kappa shape index (κ1) is 24.9. The number of aromatic nitrogens is 1. The van der Waals surface area contributed by atoms with Gasteiger partial charge in [0.25, 0.3) is 0 Å². The predicted molar refractivity (Wildman–Crippen MR) is 144 cm³/mol. The molecule has 0 atom stereocenters. The minimum absolute atomic E-state index is 0.318. The first-order valence-corrected chi connectivity index (χ1v) is 12.8. The van der Waals surface area contributed by atoms with Crippen LogP contribution in [0.5, 0.6) is 23.0 Å². The Bertz CT molecular complexity index is 1320. The van der Waals surface area contributed by atoms with Gasteiger partial charge in [0.05, 0.1) is 24.9 Å². The van der Waals surface area contributed by atoms with Gasteiger partial charge in [-0.15, -0.1) is 0 Å². The SMILES string of the molecule is COc1ccc2nc(COc3cccc(OCC4CCOCC4)c3)c(C)c(OCc3ccccc3)c2c1. The zero-order valence-corrected chi connectivity index (χ0v) is 21.4. The van der Waals surface area contributed by atoms with E-state index >= 15 is 0 Å². The van der Waals surface area contributed by atoms with Gasteiger partial charge < -0.3 is 23.7 Å². The first-order valence-electron chi connectivity index (χ1n) is 12.8. The number of methoxy groups -OCH3 is 1. The lowest BCUT2D eigenvalue weighted by Gasteiger charge is -2.22. The summed E-state index contributed by atoms with van der Waals surface area (Å²) in [6.07, 6.45) is 2.09. The van der Waals surface area contributed by atoms with Crippen molar-refractivity contribution in [2.75, 3.05) is 26.9 Å². The Labute approximate surface area is 218 Å². The molecule has 6 nitrogen and oxygen atoms in total. The maximum absolute atomic E-state index is 6.36. The molecule has 5 rings (SSSR count). The zero-order valence-electron chi connectivity index (χ0n) is 21.4. The number of hydrogen-bond acceptors (Lipinski definition) is 6. The van der Waals surface area contributed by atoms with Gasteiger partial charge >= 0.3 is 0 Å². The number of ether oxygens (including phenoxy) is 5. The predicted octanol–water partition coefficient (Wildman–Crippen LogP) is 6.52. The summed E-state index contributed by atoms with van der Waals surface area (Å²) in [4.78, 5) is 4.90. The highest BCUT2D eigenvalue weighted by Crippen LogP contribution is 2.34. The second kappa shape index (κ2) is 12.0. The summed E-state index contributed by atoms with van der Waals surface area (Å²) >= 11 is 0. The molecule has 0 aliphatic carbocycles. The van der Waals surface area contributed by atoms with E-state index in [2.05, 4.69) is 12.1 Å². The zero-order chi connectivity index (χ0) is 25.5. The van der Waals surface area contributed by atoms with Crippen molar-refractivity contribution in [1.82, 2.24) is 4.98 Å². The first-order chi connectivity index (χ1) is 18.2. The molecule has 192 valence electrons. The highest BCUT2D eigenvalue weighted by atomic mass is 16.5. The van der Waals surface area contributed by atoms with Crippen LogP contribution in [0, 0.1) is 12.8 Å². The van der Waals surface area contributed by atoms with E-state index < -0.39 is 0 Å². The maximum Gasteiger partial charge on any atom is 0.134 e. The highest BCUT2D eigenvalue weighted by molar-refractivity contribution is 5.88. The number of pyridine rings is 1. The van der Waals surface area contributed by atoms with Crippen LogP contribution in [0.25, 0.3) is 10.9 Å². The Morgan fingerprint density at radius 3 is 2.38 bits per heavy atom. The summed E-state index contributed by atoms with van der Waals surface area (Å²) in [5.41, 5.74) is 3.71. The normalized spacial score (nSPS) is 13.9. The molecule has 0 saturated carbocycles. The monoisotopic (exact) mass is 499 g/mol. The molecular weight excluding hydrogens is 466 g/mol. The molecule has 1 aliphatic heterocycles. The van der Waals surface area contributed by atoms with E-state index in [0.717, 1.165) is 76.8 Å². The van der Waals surface area contributed by atoms with Crippen molar-refractivity contribution in [3.63, 3.8) is 0 Å². The second-order valence-electron chi connectivity index (χ2n) is 9.30.